The van der Waals surface area contributed by atoms with Gasteiger partial charge in [0.15, 0.2) is 6.67 Å². The maximum absolute atomic E-state index is 12.1. The van der Waals surface area contributed by atoms with E-state index in [1.807, 2.05) is 48.5 Å². The van der Waals surface area contributed by atoms with Crippen LogP contribution in [0.4, 0.5) is 5.69 Å². The number of quaternary nitrogens is 1. The van der Waals surface area contributed by atoms with Crippen LogP contribution in [0.1, 0.15) is 10.4 Å². The Morgan fingerprint density at radius 2 is 1.83 bits per heavy atom. The van der Waals surface area contributed by atoms with E-state index in [0.717, 1.165) is 31.2 Å². The molecule has 2 aromatic carbocycles. The number of carbonyl (C=O) groups is 1. The van der Waals surface area contributed by atoms with Crippen LogP contribution in [0.25, 0.3) is 0 Å². The number of rotatable bonds is 4. The molecule has 5 heteroatoms. The summed E-state index contributed by atoms with van der Waals surface area (Å²) in [6.07, 6.45) is 0. The number of nitrogens with one attached hydrogen (secondary N) is 2. The van der Waals surface area contributed by atoms with Gasteiger partial charge in [0.05, 0.1) is 26.2 Å². The zero-order valence-corrected chi connectivity index (χ0v) is 13.7. The topological polar surface area (TPSA) is 36.8 Å². The first-order chi connectivity index (χ1) is 11.2. The predicted molar refractivity (Wildman–Crippen MR) is 93.1 cm³/mol. The van der Waals surface area contributed by atoms with Crippen LogP contribution in [0.2, 0.25) is 5.02 Å². The molecule has 1 amide bonds. The Hall–Kier alpha value is -2.04. The summed E-state index contributed by atoms with van der Waals surface area (Å²) in [5.74, 6) is -0.00429. The van der Waals surface area contributed by atoms with Gasteiger partial charge in [0, 0.05) is 16.3 Å². The summed E-state index contributed by atoms with van der Waals surface area (Å²) in [4.78, 5) is 15.8. The third kappa shape index (κ3) is 4.24. The fourth-order valence-corrected chi connectivity index (χ4v) is 3.01. The highest BCUT2D eigenvalue weighted by molar-refractivity contribution is 6.30. The Labute approximate surface area is 141 Å². The van der Waals surface area contributed by atoms with Crippen LogP contribution >= 0.6 is 11.6 Å². The summed E-state index contributed by atoms with van der Waals surface area (Å²) < 4.78 is 0. The molecule has 0 saturated carbocycles. The molecule has 4 nitrogen and oxygen atoms in total. The highest BCUT2D eigenvalue weighted by atomic mass is 35.5. The summed E-state index contributed by atoms with van der Waals surface area (Å²) >= 11 is 6.06. The molecule has 1 saturated heterocycles. The van der Waals surface area contributed by atoms with Gasteiger partial charge < -0.3 is 15.1 Å². The van der Waals surface area contributed by atoms with Crippen LogP contribution in [0.5, 0.6) is 0 Å². The number of nitrogens with zero attached hydrogens (tertiary/aromatic N) is 1. The zero-order chi connectivity index (χ0) is 16.1. The number of carbonyl (C=O) groups excluding carboxylic acids is 1. The molecule has 1 aliphatic heterocycles. The van der Waals surface area contributed by atoms with E-state index in [-0.39, 0.29) is 5.91 Å². The second kappa shape index (κ2) is 7.49. The lowest BCUT2D eigenvalue weighted by Crippen LogP contribution is -3.16. The van der Waals surface area contributed by atoms with Crippen molar-refractivity contribution < 1.29 is 9.69 Å². The summed E-state index contributed by atoms with van der Waals surface area (Å²) in [5, 5.41) is 3.79. The van der Waals surface area contributed by atoms with Crippen molar-refractivity contribution >= 4 is 23.2 Å². The molecule has 23 heavy (non-hydrogen) atoms. The minimum absolute atomic E-state index is 0.00429. The van der Waals surface area contributed by atoms with Gasteiger partial charge in [0.2, 0.25) is 0 Å². The molecule has 0 bridgehead atoms. The van der Waals surface area contributed by atoms with Crippen LogP contribution in [0.15, 0.2) is 54.6 Å². The van der Waals surface area contributed by atoms with E-state index in [1.165, 1.54) is 10.6 Å². The van der Waals surface area contributed by atoms with E-state index >= 15 is 0 Å². The predicted octanol–water partition coefficient (Wildman–Crippen LogP) is 1.43. The molecule has 0 atom stereocenters. The second-order valence-corrected chi connectivity index (χ2v) is 6.20. The third-order valence-electron chi connectivity index (χ3n) is 4.18. The van der Waals surface area contributed by atoms with Crippen LogP contribution in [-0.4, -0.2) is 38.8 Å². The van der Waals surface area contributed by atoms with Gasteiger partial charge in [-0.25, -0.2) is 0 Å². The fourth-order valence-electron chi connectivity index (χ4n) is 2.83. The molecule has 120 valence electrons. The Morgan fingerprint density at radius 3 is 2.52 bits per heavy atom. The van der Waals surface area contributed by atoms with Gasteiger partial charge in [-0.3, -0.25) is 4.79 Å². The number of hydrogen-bond donors (Lipinski definition) is 2. The van der Waals surface area contributed by atoms with E-state index in [2.05, 4.69) is 16.3 Å². The van der Waals surface area contributed by atoms with Gasteiger partial charge in [-0.15, -0.1) is 0 Å². The highest BCUT2D eigenvalue weighted by Crippen LogP contribution is 2.19. The molecule has 0 unspecified atom stereocenters. The summed E-state index contributed by atoms with van der Waals surface area (Å²) in [6.45, 7) is 4.61. The molecule has 0 aromatic heterocycles. The quantitative estimate of drug-likeness (QED) is 0.890. The molecular formula is C18H21ClN3O+. The van der Waals surface area contributed by atoms with Crippen molar-refractivity contribution in [2.24, 2.45) is 0 Å². The van der Waals surface area contributed by atoms with Crippen LogP contribution < -0.4 is 15.1 Å². The molecule has 1 heterocycles. The lowest BCUT2D eigenvalue weighted by Gasteiger charge is -2.33. The Morgan fingerprint density at radius 1 is 1.09 bits per heavy atom. The number of anilines is 1. The Kier molecular flexibility index (Phi) is 5.16. The standard InChI is InChI=1S/C18H20ClN3O/c19-16-7-4-8-17(13-16)22-11-9-21(10-12-22)14-20-18(23)15-5-2-1-3-6-15/h1-8,13H,9-12,14H2,(H,20,23)/p+1. The number of amides is 1. The number of piperazine rings is 1. The van der Waals surface area contributed by atoms with Crippen molar-refractivity contribution in [1.82, 2.24) is 5.32 Å². The van der Waals surface area contributed by atoms with Gasteiger partial charge in [0.25, 0.3) is 5.91 Å². The van der Waals surface area contributed by atoms with Gasteiger partial charge in [0.1, 0.15) is 0 Å². The molecule has 2 aromatic rings. The zero-order valence-electron chi connectivity index (χ0n) is 13.0. The van der Waals surface area contributed by atoms with E-state index in [0.29, 0.717) is 12.2 Å². The van der Waals surface area contributed by atoms with Crippen molar-refractivity contribution in [3.8, 4) is 0 Å². The van der Waals surface area contributed by atoms with Gasteiger partial charge in [-0.1, -0.05) is 35.9 Å². The minimum Gasteiger partial charge on any atom is -0.360 e. The van der Waals surface area contributed by atoms with Crippen molar-refractivity contribution in [1.29, 1.82) is 0 Å². The van der Waals surface area contributed by atoms with Crippen LogP contribution in [-0.2, 0) is 0 Å². The van der Waals surface area contributed by atoms with Crippen molar-refractivity contribution in [2.45, 2.75) is 0 Å². The minimum atomic E-state index is -0.00429. The van der Waals surface area contributed by atoms with Crippen LogP contribution in [0.3, 0.4) is 0 Å². The molecular weight excluding hydrogens is 310 g/mol. The first-order valence-corrected chi connectivity index (χ1v) is 8.27. The number of benzene rings is 2. The molecule has 1 aliphatic rings. The number of hydrogen-bond acceptors (Lipinski definition) is 2. The largest absolute Gasteiger partial charge is 0.360 e. The average Bonchev–Trinajstić information content (AvgIpc) is 2.61. The lowest BCUT2D eigenvalue weighted by molar-refractivity contribution is -0.902. The molecule has 0 aliphatic carbocycles. The summed E-state index contributed by atoms with van der Waals surface area (Å²) in [6, 6.07) is 17.3. The smallest absolute Gasteiger partial charge is 0.255 e. The molecule has 0 spiro atoms. The van der Waals surface area contributed by atoms with E-state index in [1.54, 1.807) is 0 Å². The molecule has 3 rings (SSSR count). The van der Waals surface area contributed by atoms with Crippen LogP contribution in [0, 0.1) is 0 Å². The summed E-state index contributed by atoms with van der Waals surface area (Å²) in [7, 11) is 0. The van der Waals surface area contributed by atoms with E-state index in [9.17, 15) is 4.79 Å². The third-order valence-corrected chi connectivity index (χ3v) is 4.41. The normalized spacial score (nSPS) is 15.4. The second-order valence-electron chi connectivity index (χ2n) is 5.77. The fraction of sp³-hybridized carbons (Fsp3) is 0.278. The van der Waals surface area contributed by atoms with Crippen molar-refractivity contribution in [2.75, 3.05) is 37.7 Å². The maximum atomic E-state index is 12.1. The average molecular weight is 331 g/mol. The molecule has 0 radical (unpaired) electrons. The first kappa shape index (κ1) is 15.8. The summed E-state index contributed by atoms with van der Waals surface area (Å²) in [5.41, 5.74) is 1.88. The first-order valence-electron chi connectivity index (χ1n) is 7.90. The SMILES string of the molecule is O=C(NC[NH+]1CCN(c2cccc(Cl)c2)CC1)c1ccccc1. The lowest BCUT2D eigenvalue weighted by atomic mass is 10.2. The van der Waals surface area contributed by atoms with Crippen molar-refractivity contribution in [3.63, 3.8) is 0 Å². The van der Waals surface area contributed by atoms with Crippen molar-refractivity contribution in [3.05, 3.63) is 65.2 Å². The van der Waals surface area contributed by atoms with Gasteiger partial charge in [-0.2, -0.15) is 0 Å². The Bertz CT molecular complexity index is 654. The van der Waals surface area contributed by atoms with Gasteiger partial charge >= 0.3 is 0 Å². The molecule has 2 N–H and O–H groups in total. The maximum Gasteiger partial charge on any atom is 0.255 e. The Balaban J connectivity index is 1.47. The molecule has 1 fully saturated rings. The monoisotopic (exact) mass is 330 g/mol. The highest BCUT2D eigenvalue weighted by Gasteiger charge is 2.20. The number of halogens is 1. The van der Waals surface area contributed by atoms with E-state index in [4.69, 9.17) is 11.6 Å². The van der Waals surface area contributed by atoms with E-state index < -0.39 is 0 Å². The van der Waals surface area contributed by atoms with Gasteiger partial charge in [-0.05, 0) is 30.3 Å².